The van der Waals surface area contributed by atoms with Crippen molar-refractivity contribution in [2.75, 3.05) is 0 Å². The third kappa shape index (κ3) is 11.8. The van der Waals surface area contributed by atoms with Crippen LogP contribution in [0.25, 0.3) is 10.9 Å². The van der Waals surface area contributed by atoms with Gasteiger partial charge in [-0.3, -0.25) is 9.78 Å². The van der Waals surface area contributed by atoms with Crippen molar-refractivity contribution in [2.45, 2.75) is 120 Å². The largest absolute Gasteiger partial charge is 0.448 e. The summed E-state index contributed by atoms with van der Waals surface area (Å²) in [6, 6.07) is 13.9. The predicted molar refractivity (Wildman–Crippen MR) is 160 cm³/mol. The van der Waals surface area contributed by atoms with Crippen LogP contribution in [0.15, 0.2) is 68.2 Å². The molecule has 0 radical (unpaired) electrons. The molecule has 6 heteroatoms. The maximum absolute atomic E-state index is 12.1. The molecule has 0 unspecified atom stereocenters. The first-order chi connectivity index (χ1) is 18.8. The fourth-order valence-electron chi connectivity index (χ4n) is 4.61. The average molecular weight is 536 g/mol. The van der Waals surface area contributed by atoms with E-state index in [1.165, 1.54) is 95.2 Å². The molecule has 0 fully saturated rings. The molecular formula is C32H45N3O2S. The molecule has 206 valence electrons. The molecule has 2 aromatic heterocycles. The predicted octanol–water partition coefficient (Wildman–Crippen LogP) is 9.69. The molecule has 0 aliphatic carbocycles. The number of fused-ring (bicyclic) bond motifs is 1. The first-order valence-electron chi connectivity index (χ1n) is 14.7. The Bertz CT molecular complexity index is 1090. The van der Waals surface area contributed by atoms with Crippen molar-refractivity contribution in [1.29, 1.82) is 0 Å². The Hall–Kier alpha value is -2.60. The van der Waals surface area contributed by atoms with Gasteiger partial charge in [0.2, 0.25) is 5.91 Å². The van der Waals surface area contributed by atoms with Crippen molar-refractivity contribution >= 4 is 34.8 Å². The Morgan fingerprint density at radius 1 is 0.842 bits per heavy atom. The van der Waals surface area contributed by atoms with Gasteiger partial charge in [0, 0.05) is 22.9 Å². The zero-order chi connectivity index (χ0) is 26.7. The van der Waals surface area contributed by atoms with Crippen LogP contribution in [0.1, 0.15) is 115 Å². The van der Waals surface area contributed by atoms with E-state index in [4.69, 9.17) is 4.42 Å². The minimum Gasteiger partial charge on any atom is -0.448 e. The van der Waals surface area contributed by atoms with Gasteiger partial charge in [0.15, 0.2) is 5.09 Å². The Balaban J connectivity index is 1.19. The standard InChI is InChI=1S/C32H45N3O2S/c1-2-3-4-5-6-7-8-9-10-11-12-13-14-15-16-22-30(36)35-34-26-28-23-24-31(37-28)38-29-21-17-19-27-20-18-25-33-32(27)29/h17-21,23-26H,2-16,22H2,1H3,(H,35,36)/b34-26-. The van der Waals surface area contributed by atoms with Crippen LogP contribution in [0.4, 0.5) is 0 Å². The van der Waals surface area contributed by atoms with Crippen LogP contribution in [0.3, 0.4) is 0 Å². The summed E-state index contributed by atoms with van der Waals surface area (Å²) in [7, 11) is 0. The van der Waals surface area contributed by atoms with Gasteiger partial charge >= 0.3 is 0 Å². The lowest BCUT2D eigenvalue weighted by molar-refractivity contribution is -0.121. The lowest BCUT2D eigenvalue weighted by atomic mass is 10.0. The highest BCUT2D eigenvalue weighted by Crippen LogP contribution is 2.33. The van der Waals surface area contributed by atoms with E-state index in [2.05, 4.69) is 34.6 Å². The first-order valence-corrected chi connectivity index (χ1v) is 15.5. The second kappa shape index (κ2) is 18.6. The van der Waals surface area contributed by atoms with Gasteiger partial charge in [-0.1, -0.05) is 115 Å². The molecule has 3 aromatic rings. The lowest BCUT2D eigenvalue weighted by Crippen LogP contribution is -2.16. The minimum atomic E-state index is -0.0427. The monoisotopic (exact) mass is 535 g/mol. The van der Waals surface area contributed by atoms with Gasteiger partial charge in [0.1, 0.15) is 5.76 Å². The second-order valence-electron chi connectivity index (χ2n) is 10.1. The number of unbranched alkanes of at least 4 members (excludes halogenated alkanes) is 14. The van der Waals surface area contributed by atoms with Crippen molar-refractivity contribution in [3.63, 3.8) is 0 Å². The number of rotatable bonds is 20. The fraction of sp³-hybridized carbons (Fsp3) is 0.531. The molecule has 2 heterocycles. The lowest BCUT2D eigenvalue weighted by Gasteiger charge is -2.03. The number of hydrazone groups is 1. The molecule has 0 saturated heterocycles. The maximum atomic E-state index is 12.1. The van der Waals surface area contributed by atoms with E-state index in [9.17, 15) is 4.79 Å². The minimum absolute atomic E-state index is 0.0427. The summed E-state index contributed by atoms with van der Waals surface area (Å²) in [5.41, 5.74) is 3.57. The quantitative estimate of drug-likeness (QED) is 0.0888. The molecule has 3 rings (SSSR count). The van der Waals surface area contributed by atoms with E-state index in [-0.39, 0.29) is 5.91 Å². The molecule has 1 amide bonds. The third-order valence-corrected chi connectivity index (χ3v) is 7.77. The van der Waals surface area contributed by atoms with Gasteiger partial charge in [0.05, 0.1) is 11.7 Å². The van der Waals surface area contributed by atoms with E-state index in [0.29, 0.717) is 12.2 Å². The van der Waals surface area contributed by atoms with Crippen LogP contribution in [0.5, 0.6) is 0 Å². The fourth-order valence-corrected chi connectivity index (χ4v) is 5.51. The molecule has 1 aromatic carbocycles. The summed E-state index contributed by atoms with van der Waals surface area (Å²) < 4.78 is 5.84. The smallest absolute Gasteiger partial charge is 0.240 e. The van der Waals surface area contributed by atoms with Crippen molar-refractivity contribution in [3.05, 3.63) is 54.4 Å². The number of hydrogen-bond donors (Lipinski definition) is 1. The number of amides is 1. The Morgan fingerprint density at radius 2 is 1.47 bits per heavy atom. The number of nitrogens with zero attached hydrogens (tertiary/aromatic N) is 2. The molecule has 5 nitrogen and oxygen atoms in total. The van der Waals surface area contributed by atoms with E-state index < -0.39 is 0 Å². The van der Waals surface area contributed by atoms with Crippen LogP contribution in [0.2, 0.25) is 0 Å². The Labute approximate surface area is 233 Å². The van der Waals surface area contributed by atoms with Crippen molar-refractivity contribution in [1.82, 2.24) is 10.4 Å². The number of para-hydroxylation sites is 1. The van der Waals surface area contributed by atoms with Gasteiger partial charge in [-0.15, -0.1) is 0 Å². The summed E-state index contributed by atoms with van der Waals surface area (Å²) >= 11 is 1.53. The van der Waals surface area contributed by atoms with Crippen molar-refractivity contribution in [2.24, 2.45) is 5.10 Å². The number of benzene rings is 1. The normalized spacial score (nSPS) is 11.5. The SMILES string of the molecule is CCCCCCCCCCCCCCCCCC(=O)N/N=C\c1ccc(Sc2cccc3cccnc23)o1. The van der Waals surface area contributed by atoms with E-state index in [1.54, 1.807) is 12.4 Å². The molecule has 0 bridgehead atoms. The second-order valence-corrected chi connectivity index (χ2v) is 11.1. The molecule has 0 aliphatic rings. The highest BCUT2D eigenvalue weighted by atomic mass is 32.2. The Morgan fingerprint density at radius 3 is 2.16 bits per heavy atom. The summed E-state index contributed by atoms with van der Waals surface area (Å²) in [6.45, 7) is 2.28. The Kier molecular flexibility index (Phi) is 14.7. The molecule has 0 aliphatic heterocycles. The maximum Gasteiger partial charge on any atom is 0.240 e. The number of pyridine rings is 1. The topological polar surface area (TPSA) is 67.5 Å². The van der Waals surface area contributed by atoms with Gasteiger partial charge in [-0.25, -0.2) is 5.43 Å². The van der Waals surface area contributed by atoms with Crippen LogP contribution in [-0.2, 0) is 4.79 Å². The average Bonchev–Trinajstić information content (AvgIpc) is 3.38. The van der Waals surface area contributed by atoms with Crippen LogP contribution < -0.4 is 5.43 Å². The van der Waals surface area contributed by atoms with Crippen LogP contribution in [-0.4, -0.2) is 17.1 Å². The van der Waals surface area contributed by atoms with Gasteiger partial charge in [0.25, 0.3) is 0 Å². The number of carbonyl (C=O) groups excluding carboxylic acids is 1. The van der Waals surface area contributed by atoms with Gasteiger partial charge in [-0.05, 0) is 42.4 Å². The van der Waals surface area contributed by atoms with E-state index >= 15 is 0 Å². The summed E-state index contributed by atoms with van der Waals surface area (Å²) in [6.07, 6.45) is 23.7. The summed E-state index contributed by atoms with van der Waals surface area (Å²) in [5, 5.41) is 5.92. The molecular weight excluding hydrogens is 490 g/mol. The van der Waals surface area contributed by atoms with Crippen molar-refractivity contribution in [3.8, 4) is 0 Å². The third-order valence-electron chi connectivity index (χ3n) is 6.80. The van der Waals surface area contributed by atoms with E-state index in [1.807, 2.05) is 30.3 Å². The number of furan rings is 1. The summed E-state index contributed by atoms with van der Waals surface area (Å²) in [5.74, 6) is 0.562. The highest BCUT2D eigenvalue weighted by Gasteiger charge is 2.07. The molecule has 1 N–H and O–H groups in total. The first kappa shape index (κ1) is 29.9. The molecule has 0 saturated carbocycles. The van der Waals surface area contributed by atoms with Crippen molar-refractivity contribution < 1.29 is 9.21 Å². The zero-order valence-corrected chi connectivity index (χ0v) is 23.9. The molecule has 38 heavy (non-hydrogen) atoms. The number of nitrogens with one attached hydrogen (secondary N) is 1. The van der Waals surface area contributed by atoms with Gasteiger partial charge in [-0.2, -0.15) is 5.10 Å². The van der Waals surface area contributed by atoms with Gasteiger partial charge < -0.3 is 4.42 Å². The molecule has 0 spiro atoms. The highest BCUT2D eigenvalue weighted by molar-refractivity contribution is 7.99. The molecule has 0 atom stereocenters. The van der Waals surface area contributed by atoms with Crippen LogP contribution >= 0.6 is 11.8 Å². The van der Waals surface area contributed by atoms with Crippen LogP contribution in [0, 0.1) is 0 Å². The van der Waals surface area contributed by atoms with E-state index in [0.717, 1.165) is 33.7 Å². The zero-order valence-electron chi connectivity index (χ0n) is 23.1. The number of carbonyl (C=O) groups is 1. The summed E-state index contributed by atoms with van der Waals surface area (Å²) in [4.78, 5) is 17.6. The number of aromatic nitrogens is 1. The number of hydrogen-bond acceptors (Lipinski definition) is 5.